The number of thioether (sulfide) groups is 2. The van der Waals surface area contributed by atoms with Gasteiger partial charge in [-0.25, -0.2) is 4.79 Å². The fourth-order valence-corrected chi connectivity index (χ4v) is 3.63. The van der Waals surface area contributed by atoms with Crippen LogP contribution in [0.4, 0.5) is 0 Å². The van der Waals surface area contributed by atoms with Crippen molar-refractivity contribution < 1.29 is 14.7 Å². The van der Waals surface area contributed by atoms with Crippen LogP contribution < -0.4 is 0 Å². The minimum Gasteiger partial charge on any atom is -0.480 e. The summed E-state index contributed by atoms with van der Waals surface area (Å²) in [7, 11) is 0. The Balaban J connectivity index is 2.84. The first-order chi connectivity index (χ1) is 7.49. The maximum Gasteiger partial charge on any atom is 0.327 e. The van der Waals surface area contributed by atoms with Crippen molar-refractivity contribution in [2.45, 2.75) is 25.3 Å². The van der Waals surface area contributed by atoms with Crippen molar-refractivity contribution in [3.05, 3.63) is 0 Å². The summed E-state index contributed by atoms with van der Waals surface area (Å²) in [6.07, 6.45) is 1.85. The van der Waals surface area contributed by atoms with E-state index < -0.39 is 12.0 Å². The number of hydrogen-bond acceptors (Lipinski definition) is 4. The zero-order valence-electron chi connectivity index (χ0n) is 9.67. The van der Waals surface area contributed by atoms with Crippen molar-refractivity contribution in [3.8, 4) is 0 Å². The summed E-state index contributed by atoms with van der Waals surface area (Å²) in [6.45, 7) is 4.03. The quantitative estimate of drug-likeness (QED) is 0.830. The van der Waals surface area contributed by atoms with Crippen molar-refractivity contribution >= 4 is 35.4 Å². The summed E-state index contributed by atoms with van der Waals surface area (Å²) in [6, 6.07) is -0.656. The standard InChI is InChI=1S/C10H17NO3S2/c1-6(2)9-11(8(12)5-15-3)7(4-16-9)10(13)14/h6-7,9H,4-5H2,1-3H3,(H,13,14). The average molecular weight is 263 g/mol. The summed E-state index contributed by atoms with van der Waals surface area (Å²) in [5, 5.41) is 9.09. The number of carboxylic acid groups (broad SMARTS) is 1. The maximum atomic E-state index is 11.9. The first-order valence-corrected chi connectivity index (χ1v) is 7.57. The number of carbonyl (C=O) groups is 2. The zero-order chi connectivity index (χ0) is 12.3. The maximum absolute atomic E-state index is 11.9. The van der Waals surface area contributed by atoms with Crippen LogP contribution in [0.15, 0.2) is 0 Å². The number of rotatable bonds is 4. The number of hydrogen-bond donors (Lipinski definition) is 1. The van der Waals surface area contributed by atoms with E-state index in [2.05, 4.69) is 0 Å². The highest BCUT2D eigenvalue weighted by molar-refractivity contribution is 8.00. The third kappa shape index (κ3) is 2.85. The van der Waals surface area contributed by atoms with Gasteiger partial charge in [-0.1, -0.05) is 13.8 Å². The monoisotopic (exact) mass is 263 g/mol. The van der Waals surface area contributed by atoms with Gasteiger partial charge in [-0.3, -0.25) is 4.79 Å². The molecule has 4 nitrogen and oxygen atoms in total. The molecule has 92 valence electrons. The van der Waals surface area contributed by atoms with E-state index in [0.29, 0.717) is 11.5 Å². The minimum absolute atomic E-state index is 0.000694. The van der Waals surface area contributed by atoms with Crippen molar-refractivity contribution in [3.63, 3.8) is 0 Å². The lowest BCUT2D eigenvalue weighted by atomic mass is 10.1. The van der Waals surface area contributed by atoms with Gasteiger partial charge in [0.25, 0.3) is 0 Å². The zero-order valence-corrected chi connectivity index (χ0v) is 11.3. The van der Waals surface area contributed by atoms with Crippen LogP contribution in [0.25, 0.3) is 0 Å². The van der Waals surface area contributed by atoms with Crippen LogP contribution in [0, 0.1) is 5.92 Å². The Labute approximate surface area is 104 Å². The van der Waals surface area contributed by atoms with Gasteiger partial charge in [0.15, 0.2) is 0 Å². The van der Waals surface area contributed by atoms with E-state index in [1.807, 2.05) is 20.1 Å². The molecule has 0 aromatic rings. The summed E-state index contributed by atoms with van der Waals surface area (Å²) >= 11 is 2.99. The van der Waals surface area contributed by atoms with E-state index >= 15 is 0 Å². The Morgan fingerprint density at radius 3 is 2.62 bits per heavy atom. The molecule has 2 atom stereocenters. The molecule has 1 rings (SSSR count). The normalized spacial score (nSPS) is 25.1. The molecule has 2 unspecified atom stereocenters. The minimum atomic E-state index is -0.898. The van der Waals surface area contributed by atoms with Crippen LogP contribution >= 0.6 is 23.5 Å². The second-order valence-electron chi connectivity index (χ2n) is 4.06. The first-order valence-electron chi connectivity index (χ1n) is 5.13. The van der Waals surface area contributed by atoms with Crippen molar-refractivity contribution in [2.24, 2.45) is 5.92 Å². The highest BCUT2D eigenvalue weighted by Gasteiger charge is 2.42. The Bertz CT molecular complexity index is 283. The molecule has 0 radical (unpaired) electrons. The number of aliphatic carboxylic acids is 1. The molecule has 0 aromatic carbocycles. The molecule has 1 aliphatic heterocycles. The molecule has 16 heavy (non-hydrogen) atoms. The second kappa shape index (κ2) is 5.82. The lowest BCUT2D eigenvalue weighted by Crippen LogP contribution is -2.47. The number of amides is 1. The average Bonchev–Trinajstić information content (AvgIpc) is 2.61. The van der Waals surface area contributed by atoms with Crippen LogP contribution in [-0.4, -0.2) is 51.1 Å². The molecule has 1 aliphatic rings. The molecule has 1 saturated heterocycles. The highest BCUT2D eigenvalue weighted by Crippen LogP contribution is 2.34. The van der Waals surface area contributed by atoms with Gasteiger partial charge in [-0.2, -0.15) is 11.8 Å². The van der Waals surface area contributed by atoms with Crippen LogP contribution in [-0.2, 0) is 9.59 Å². The van der Waals surface area contributed by atoms with Crippen LogP contribution in [0.3, 0.4) is 0 Å². The first kappa shape index (κ1) is 13.7. The summed E-state index contributed by atoms with van der Waals surface area (Å²) in [4.78, 5) is 24.5. The Hall–Kier alpha value is -0.360. The van der Waals surface area contributed by atoms with E-state index in [-0.39, 0.29) is 17.2 Å². The molecule has 0 spiro atoms. The number of carbonyl (C=O) groups excluding carboxylic acids is 1. The molecule has 0 bridgehead atoms. The van der Waals surface area contributed by atoms with Crippen LogP contribution in [0.2, 0.25) is 0 Å². The largest absolute Gasteiger partial charge is 0.480 e. The molecule has 6 heteroatoms. The van der Waals surface area contributed by atoms with Gasteiger partial charge in [0.05, 0.1) is 11.1 Å². The molecular weight excluding hydrogens is 246 g/mol. The Kier molecular flexibility index (Phi) is 4.98. The molecular formula is C10H17NO3S2. The summed E-state index contributed by atoms with van der Waals surface area (Å²) in [5.41, 5.74) is 0. The van der Waals surface area contributed by atoms with Gasteiger partial charge in [0, 0.05) is 5.75 Å². The summed E-state index contributed by atoms with van der Waals surface area (Å²) in [5.74, 6) is 0.167. The van der Waals surface area contributed by atoms with Gasteiger partial charge < -0.3 is 10.0 Å². The highest BCUT2D eigenvalue weighted by atomic mass is 32.2. The van der Waals surface area contributed by atoms with Gasteiger partial charge in [-0.05, 0) is 12.2 Å². The SMILES string of the molecule is CSCC(=O)N1C(C(=O)O)CSC1C(C)C. The topological polar surface area (TPSA) is 57.6 Å². The Morgan fingerprint density at radius 1 is 1.56 bits per heavy atom. The van der Waals surface area contributed by atoms with E-state index in [0.717, 1.165) is 0 Å². The molecule has 0 aromatic heterocycles. The molecule has 0 saturated carbocycles. The number of nitrogens with zero attached hydrogens (tertiary/aromatic N) is 1. The van der Waals surface area contributed by atoms with E-state index in [1.54, 1.807) is 16.7 Å². The molecule has 1 heterocycles. The molecule has 1 amide bonds. The lowest BCUT2D eigenvalue weighted by molar-refractivity contribution is -0.148. The smallest absolute Gasteiger partial charge is 0.327 e. The van der Waals surface area contributed by atoms with E-state index in [1.165, 1.54) is 11.8 Å². The fraction of sp³-hybridized carbons (Fsp3) is 0.800. The lowest BCUT2D eigenvalue weighted by Gasteiger charge is -2.29. The van der Waals surface area contributed by atoms with Gasteiger partial charge in [-0.15, -0.1) is 11.8 Å². The molecule has 0 aliphatic carbocycles. The number of carboxylic acids is 1. The summed E-state index contributed by atoms with van der Waals surface area (Å²) < 4.78 is 0. The predicted octanol–water partition coefficient (Wildman–Crippen LogP) is 1.36. The van der Waals surface area contributed by atoms with E-state index in [4.69, 9.17) is 5.11 Å². The third-order valence-corrected chi connectivity index (χ3v) is 4.60. The fourth-order valence-electron chi connectivity index (χ4n) is 1.75. The predicted molar refractivity (Wildman–Crippen MR) is 67.7 cm³/mol. The molecule has 1 fully saturated rings. The van der Waals surface area contributed by atoms with Gasteiger partial charge >= 0.3 is 5.97 Å². The third-order valence-electron chi connectivity index (χ3n) is 2.45. The second-order valence-corrected chi connectivity index (χ2v) is 6.07. The van der Waals surface area contributed by atoms with Crippen molar-refractivity contribution in [1.29, 1.82) is 0 Å². The van der Waals surface area contributed by atoms with Gasteiger partial charge in [0.1, 0.15) is 6.04 Å². The van der Waals surface area contributed by atoms with E-state index in [9.17, 15) is 9.59 Å². The van der Waals surface area contributed by atoms with Crippen molar-refractivity contribution in [2.75, 3.05) is 17.8 Å². The van der Waals surface area contributed by atoms with Crippen LogP contribution in [0.5, 0.6) is 0 Å². The van der Waals surface area contributed by atoms with Crippen LogP contribution in [0.1, 0.15) is 13.8 Å². The van der Waals surface area contributed by atoms with Crippen molar-refractivity contribution in [1.82, 2.24) is 4.90 Å². The van der Waals surface area contributed by atoms with Gasteiger partial charge in [0.2, 0.25) is 5.91 Å². The Morgan fingerprint density at radius 2 is 2.19 bits per heavy atom. The molecule has 1 N–H and O–H groups in total.